The summed E-state index contributed by atoms with van der Waals surface area (Å²) < 4.78 is 0. The molecule has 0 radical (unpaired) electrons. The maximum atomic E-state index is 12.0. The van der Waals surface area contributed by atoms with Gasteiger partial charge in [-0.3, -0.25) is 4.79 Å². The Morgan fingerprint density at radius 2 is 1.50 bits per heavy atom. The summed E-state index contributed by atoms with van der Waals surface area (Å²) in [5, 5.41) is 1.70. The van der Waals surface area contributed by atoms with Crippen molar-refractivity contribution in [2.24, 2.45) is 0 Å². The molecule has 0 atom stereocenters. The summed E-state index contributed by atoms with van der Waals surface area (Å²) in [6, 6.07) is 9.85. The summed E-state index contributed by atoms with van der Waals surface area (Å²) in [6.45, 7) is 0. The lowest BCUT2D eigenvalue weighted by Crippen LogP contribution is -1.94. The number of benzene rings is 2. The zero-order valence-corrected chi connectivity index (χ0v) is 13.1. The first-order chi connectivity index (χ1) is 9.49. The van der Waals surface area contributed by atoms with Gasteiger partial charge in [-0.1, -0.05) is 52.5 Å². The van der Waals surface area contributed by atoms with E-state index in [4.69, 9.17) is 46.4 Å². The fraction of sp³-hybridized carbons (Fsp3) is 0. The molecule has 0 aliphatic carbocycles. The van der Waals surface area contributed by atoms with Crippen molar-refractivity contribution in [3.63, 3.8) is 0 Å². The van der Waals surface area contributed by atoms with Gasteiger partial charge in [0.05, 0.1) is 10.0 Å². The third kappa shape index (κ3) is 3.56. The summed E-state index contributed by atoms with van der Waals surface area (Å²) in [6.07, 6.45) is 2.97. The van der Waals surface area contributed by atoms with Crippen LogP contribution in [0.1, 0.15) is 15.9 Å². The molecule has 102 valence electrons. The Labute approximate surface area is 136 Å². The Kier molecular flexibility index (Phi) is 5.11. The van der Waals surface area contributed by atoms with Crippen LogP contribution in [0.5, 0.6) is 0 Å². The van der Waals surface area contributed by atoms with Gasteiger partial charge in [0.25, 0.3) is 0 Å². The number of ketones is 1. The van der Waals surface area contributed by atoms with Gasteiger partial charge in [-0.2, -0.15) is 0 Å². The highest BCUT2D eigenvalue weighted by atomic mass is 35.5. The standard InChI is InChI=1S/C15H8Cl4O/c16-11-2-1-3-12(17)10(11)5-7-15(20)9-4-6-13(18)14(19)8-9/h1-8H/b7-5-. The SMILES string of the molecule is O=C(/C=C\c1c(Cl)cccc1Cl)c1ccc(Cl)c(Cl)c1. The van der Waals surface area contributed by atoms with Crippen molar-refractivity contribution in [1.82, 2.24) is 0 Å². The Morgan fingerprint density at radius 1 is 0.850 bits per heavy atom. The van der Waals surface area contributed by atoms with E-state index in [0.717, 1.165) is 0 Å². The molecule has 0 amide bonds. The van der Waals surface area contributed by atoms with Gasteiger partial charge >= 0.3 is 0 Å². The minimum absolute atomic E-state index is 0.209. The summed E-state index contributed by atoms with van der Waals surface area (Å²) in [4.78, 5) is 12.0. The number of carbonyl (C=O) groups excluding carboxylic acids is 1. The van der Waals surface area contributed by atoms with Crippen LogP contribution in [0.2, 0.25) is 20.1 Å². The maximum absolute atomic E-state index is 12.0. The van der Waals surface area contributed by atoms with E-state index in [1.165, 1.54) is 12.1 Å². The smallest absolute Gasteiger partial charge is 0.185 e. The predicted molar refractivity (Wildman–Crippen MR) is 86.3 cm³/mol. The second kappa shape index (κ2) is 6.64. The topological polar surface area (TPSA) is 17.1 Å². The molecular weight excluding hydrogens is 338 g/mol. The number of hydrogen-bond donors (Lipinski definition) is 0. The van der Waals surface area contributed by atoms with Crippen LogP contribution < -0.4 is 0 Å². The van der Waals surface area contributed by atoms with E-state index in [1.54, 1.807) is 36.4 Å². The lowest BCUT2D eigenvalue weighted by atomic mass is 10.1. The molecule has 0 fully saturated rings. The van der Waals surface area contributed by atoms with Crippen LogP contribution in [0, 0.1) is 0 Å². The number of carbonyl (C=O) groups is 1. The average Bonchev–Trinajstić information content (AvgIpc) is 2.41. The highest BCUT2D eigenvalue weighted by Gasteiger charge is 2.06. The third-order valence-corrected chi connectivity index (χ3v) is 4.00. The molecule has 2 aromatic carbocycles. The zero-order valence-electron chi connectivity index (χ0n) is 10.0. The molecule has 0 unspecified atom stereocenters. The van der Waals surface area contributed by atoms with Crippen molar-refractivity contribution in [3.05, 3.63) is 73.7 Å². The first-order valence-electron chi connectivity index (χ1n) is 5.60. The third-order valence-electron chi connectivity index (χ3n) is 2.61. The van der Waals surface area contributed by atoms with Crippen LogP contribution in [-0.4, -0.2) is 5.78 Å². The Bertz CT molecular complexity index is 672. The van der Waals surface area contributed by atoms with E-state index in [-0.39, 0.29) is 5.78 Å². The molecule has 0 aliphatic heterocycles. The number of hydrogen-bond acceptors (Lipinski definition) is 1. The second-order valence-corrected chi connectivity index (χ2v) is 5.59. The lowest BCUT2D eigenvalue weighted by Gasteiger charge is -2.01. The fourth-order valence-electron chi connectivity index (χ4n) is 1.57. The highest BCUT2D eigenvalue weighted by molar-refractivity contribution is 6.42. The van der Waals surface area contributed by atoms with Crippen LogP contribution in [-0.2, 0) is 0 Å². The van der Waals surface area contributed by atoms with E-state index in [2.05, 4.69) is 0 Å². The Balaban J connectivity index is 2.27. The van der Waals surface area contributed by atoms with E-state index in [9.17, 15) is 4.79 Å². The van der Waals surface area contributed by atoms with Gasteiger partial charge in [0.1, 0.15) is 0 Å². The molecule has 0 heterocycles. The maximum Gasteiger partial charge on any atom is 0.185 e. The summed E-state index contributed by atoms with van der Waals surface area (Å²) >= 11 is 23.7. The van der Waals surface area contributed by atoms with Crippen LogP contribution in [0.4, 0.5) is 0 Å². The predicted octanol–water partition coefficient (Wildman–Crippen LogP) is 6.20. The van der Waals surface area contributed by atoms with Crippen molar-refractivity contribution < 1.29 is 4.79 Å². The number of allylic oxidation sites excluding steroid dienone is 1. The van der Waals surface area contributed by atoms with Crippen molar-refractivity contribution in [2.45, 2.75) is 0 Å². The van der Waals surface area contributed by atoms with Crippen LogP contribution in [0.15, 0.2) is 42.5 Å². The molecule has 0 aromatic heterocycles. The van der Waals surface area contributed by atoms with Gasteiger partial charge < -0.3 is 0 Å². The first-order valence-corrected chi connectivity index (χ1v) is 7.11. The van der Waals surface area contributed by atoms with Crippen LogP contribution in [0.25, 0.3) is 6.08 Å². The normalized spacial score (nSPS) is 11.0. The molecule has 2 aromatic rings. The van der Waals surface area contributed by atoms with Gasteiger partial charge in [0.2, 0.25) is 0 Å². The Morgan fingerprint density at radius 3 is 2.10 bits per heavy atom. The molecule has 20 heavy (non-hydrogen) atoms. The molecule has 0 bridgehead atoms. The summed E-state index contributed by atoms with van der Waals surface area (Å²) in [7, 11) is 0. The quantitative estimate of drug-likeness (QED) is 0.478. The molecule has 0 saturated carbocycles. The van der Waals surface area contributed by atoms with Crippen molar-refractivity contribution in [3.8, 4) is 0 Å². The molecule has 0 spiro atoms. The van der Waals surface area contributed by atoms with Crippen LogP contribution >= 0.6 is 46.4 Å². The van der Waals surface area contributed by atoms with Gasteiger partial charge in [0, 0.05) is 21.2 Å². The van der Waals surface area contributed by atoms with Crippen LogP contribution in [0.3, 0.4) is 0 Å². The van der Waals surface area contributed by atoms with Crippen molar-refractivity contribution in [2.75, 3.05) is 0 Å². The lowest BCUT2D eigenvalue weighted by molar-refractivity contribution is 0.104. The van der Waals surface area contributed by atoms with Crippen molar-refractivity contribution >= 4 is 58.3 Å². The van der Waals surface area contributed by atoms with E-state index < -0.39 is 0 Å². The summed E-state index contributed by atoms with van der Waals surface area (Å²) in [5.74, 6) is -0.209. The van der Waals surface area contributed by atoms with Gasteiger partial charge in [-0.05, 0) is 42.5 Å². The van der Waals surface area contributed by atoms with E-state index in [1.807, 2.05) is 0 Å². The minimum atomic E-state index is -0.209. The fourth-order valence-corrected chi connectivity index (χ4v) is 2.40. The monoisotopic (exact) mass is 344 g/mol. The Hall–Kier alpha value is -0.990. The summed E-state index contributed by atoms with van der Waals surface area (Å²) in [5.41, 5.74) is 1.04. The molecular formula is C15H8Cl4O. The second-order valence-electron chi connectivity index (χ2n) is 3.96. The number of halogens is 4. The van der Waals surface area contributed by atoms with Gasteiger partial charge in [-0.25, -0.2) is 0 Å². The largest absolute Gasteiger partial charge is 0.289 e. The van der Waals surface area contributed by atoms with E-state index >= 15 is 0 Å². The first kappa shape index (κ1) is 15.4. The highest BCUT2D eigenvalue weighted by Crippen LogP contribution is 2.26. The molecule has 5 heteroatoms. The molecule has 0 saturated heterocycles. The minimum Gasteiger partial charge on any atom is -0.289 e. The molecule has 2 rings (SSSR count). The van der Waals surface area contributed by atoms with Gasteiger partial charge in [0.15, 0.2) is 5.78 Å². The molecule has 0 N–H and O–H groups in total. The van der Waals surface area contributed by atoms with E-state index in [0.29, 0.717) is 31.2 Å². The van der Waals surface area contributed by atoms with Gasteiger partial charge in [-0.15, -0.1) is 0 Å². The number of rotatable bonds is 3. The van der Waals surface area contributed by atoms with Crippen molar-refractivity contribution in [1.29, 1.82) is 0 Å². The average molecular weight is 346 g/mol. The molecule has 1 nitrogen and oxygen atoms in total. The molecule has 0 aliphatic rings. The zero-order chi connectivity index (χ0) is 14.7.